The predicted octanol–water partition coefficient (Wildman–Crippen LogP) is 4.01. The summed E-state index contributed by atoms with van der Waals surface area (Å²) < 4.78 is 20.6. The zero-order chi connectivity index (χ0) is 25.8. The third kappa shape index (κ3) is 4.70. The fraction of sp³-hybridized carbons (Fsp3) is 0.679. The minimum atomic E-state index is -0.643. The van der Waals surface area contributed by atoms with Gasteiger partial charge in [-0.05, 0) is 77.1 Å². The van der Waals surface area contributed by atoms with Crippen LogP contribution < -0.4 is 4.90 Å². The van der Waals surface area contributed by atoms with Gasteiger partial charge in [0.25, 0.3) is 0 Å². The van der Waals surface area contributed by atoms with E-state index in [9.17, 15) is 14.9 Å². The number of anilines is 1. The average Bonchev–Trinajstić information content (AvgIpc) is 3.36. The third-order valence-electron chi connectivity index (χ3n) is 8.28. The number of fused-ring (bicyclic) bond motifs is 2. The van der Waals surface area contributed by atoms with Crippen LogP contribution in [0.25, 0.3) is 0 Å². The van der Waals surface area contributed by atoms with E-state index in [1.165, 1.54) is 0 Å². The Morgan fingerprint density at radius 2 is 1.94 bits per heavy atom. The second kappa shape index (κ2) is 9.02. The standard InChI is InChI=1S/C28H37FN4O3/c1-27(2,3)36-26(35)33-22-8-6-20(11-22)25(33)24(34)10-18(13-30)9-19-5-7-21(12-23(19)29)32-16-28(17-32)14-31(4)15-28/h5,7,12,18,20,22,25H,6,8-11,14-17H2,1-4H3/t18-,20+,22-,25+/m1/s1. The van der Waals surface area contributed by atoms with Crippen LogP contribution in [-0.2, 0) is 16.0 Å². The minimum absolute atomic E-state index is 0.00698. The van der Waals surface area contributed by atoms with Crippen LogP contribution in [-0.4, -0.2) is 72.6 Å². The maximum Gasteiger partial charge on any atom is 0.411 e. The van der Waals surface area contributed by atoms with Crippen LogP contribution in [0.4, 0.5) is 14.9 Å². The molecule has 3 aliphatic heterocycles. The van der Waals surface area contributed by atoms with Gasteiger partial charge in [-0.25, -0.2) is 9.18 Å². The van der Waals surface area contributed by atoms with Crippen molar-refractivity contribution in [2.45, 2.75) is 70.6 Å². The maximum atomic E-state index is 15.0. The first-order valence-electron chi connectivity index (χ1n) is 13.1. The number of ether oxygens (including phenoxy) is 1. The fourth-order valence-corrected chi connectivity index (χ4v) is 6.92. The number of hydrogen-bond acceptors (Lipinski definition) is 6. The smallest absolute Gasteiger partial charge is 0.411 e. The first-order valence-corrected chi connectivity index (χ1v) is 13.1. The van der Waals surface area contributed by atoms with Crippen LogP contribution in [0.15, 0.2) is 18.2 Å². The fourth-order valence-electron chi connectivity index (χ4n) is 6.92. The van der Waals surface area contributed by atoms with Gasteiger partial charge in [0.2, 0.25) is 0 Å². The van der Waals surface area contributed by atoms with Gasteiger partial charge in [0.1, 0.15) is 11.4 Å². The Balaban J connectivity index is 1.21. The molecular formula is C28H37FN4O3. The number of likely N-dealkylation sites (tertiary alicyclic amines) is 2. The van der Waals surface area contributed by atoms with Crippen molar-refractivity contribution in [3.8, 4) is 6.07 Å². The van der Waals surface area contributed by atoms with E-state index in [0.717, 1.165) is 51.1 Å². The average molecular weight is 497 g/mol. The van der Waals surface area contributed by atoms with Crippen LogP contribution in [0.3, 0.4) is 0 Å². The van der Waals surface area contributed by atoms with E-state index in [1.807, 2.05) is 26.8 Å². The number of nitriles is 1. The molecule has 194 valence electrons. The molecule has 4 fully saturated rings. The lowest BCUT2D eigenvalue weighted by atomic mass is 9.73. The quantitative estimate of drug-likeness (QED) is 0.592. The van der Waals surface area contributed by atoms with Crippen LogP contribution >= 0.6 is 0 Å². The molecule has 5 rings (SSSR count). The van der Waals surface area contributed by atoms with E-state index in [1.54, 1.807) is 17.0 Å². The van der Waals surface area contributed by atoms with Gasteiger partial charge < -0.3 is 14.5 Å². The monoisotopic (exact) mass is 496 g/mol. The molecule has 3 saturated heterocycles. The van der Waals surface area contributed by atoms with E-state index < -0.39 is 23.7 Å². The van der Waals surface area contributed by atoms with Gasteiger partial charge in [-0.1, -0.05) is 6.07 Å². The first-order chi connectivity index (χ1) is 17.0. The molecule has 0 unspecified atom stereocenters. The molecule has 3 heterocycles. The second-order valence-corrected chi connectivity index (χ2v) is 12.6. The molecule has 0 N–H and O–H groups in total. The van der Waals surface area contributed by atoms with Crippen molar-refractivity contribution in [2.75, 3.05) is 38.1 Å². The van der Waals surface area contributed by atoms with E-state index in [-0.39, 0.29) is 36.4 Å². The summed E-state index contributed by atoms with van der Waals surface area (Å²) >= 11 is 0. The Kier molecular flexibility index (Phi) is 6.27. The molecule has 0 aromatic heterocycles. The molecule has 4 atom stereocenters. The van der Waals surface area contributed by atoms with Crippen molar-refractivity contribution in [3.05, 3.63) is 29.6 Å². The molecule has 2 bridgehead atoms. The van der Waals surface area contributed by atoms with E-state index >= 15 is 4.39 Å². The zero-order valence-electron chi connectivity index (χ0n) is 21.8. The number of Topliss-reactive ketones (excluding diaryl/α,β-unsaturated/α-hetero) is 1. The number of carbonyl (C=O) groups is 2. The molecule has 4 aliphatic rings. The molecule has 1 aromatic rings. The van der Waals surface area contributed by atoms with Crippen molar-refractivity contribution in [1.29, 1.82) is 5.26 Å². The SMILES string of the molecule is CN1CC2(C1)CN(c1ccc(C[C@@H](C#N)CC(=O)[C@@H]3[C@H]4CC[C@H](C4)N3C(=O)OC(C)(C)C)c(F)c1)C2. The van der Waals surface area contributed by atoms with Gasteiger partial charge >= 0.3 is 6.09 Å². The number of nitrogens with zero attached hydrogens (tertiary/aromatic N) is 4. The van der Waals surface area contributed by atoms with Gasteiger partial charge in [0.15, 0.2) is 5.78 Å². The third-order valence-corrected chi connectivity index (χ3v) is 8.28. The lowest BCUT2D eigenvalue weighted by Crippen LogP contribution is -2.71. The second-order valence-electron chi connectivity index (χ2n) is 12.6. The summed E-state index contributed by atoms with van der Waals surface area (Å²) in [6.07, 6.45) is 2.31. The lowest BCUT2D eigenvalue weighted by Gasteiger charge is -2.60. The van der Waals surface area contributed by atoms with E-state index in [0.29, 0.717) is 11.0 Å². The molecular weight excluding hydrogens is 459 g/mol. The van der Waals surface area contributed by atoms with Crippen molar-refractivity contribution < 1.29 is 18.7 Å². The summed E-state index contributed by atoms with van der Waals surface area (Å²) in [5, 5.41) is 9.79. The van der Waals surface area contributed by atoms with Crippen molar-refractivity contribution in [2.24, 2.45) is 17.3 Å². The number of amides is 1. The summed E-state index contributed by atoms with van der Waals surface area (Å²) in [6, 6.07) is 6.91. The zero-order valence-corrected chi connectivity index (χ0v) is 21.8. The highest BCUT2D eigenvalue weighted by Crippen LogP contribution is 2.44. The van der Waals surface area contributed by atoms with E-state index in [4.69, 9.17) is 4.74 Å². The highest BCUT2D eigenvalue weighted by Gasteiger charge is 2.52. The molecule has 7 nitrogen and oxygen atoms in total. The van der Waals surface area contributed by atoms with Gasteiger partial charge in [-0.15, -0.1) is 0 Å². The topological polar surface area (TPSA) is 76.9 Å². The van der Waals surface area contributed by atoms with Crippen LogP contribution in [0, 0.1) is 34.4 Å². The number of ketones is 1. The van der Waals surface area contributed by atoms with Gasteiger partial charge in [-0.2, -0.15) is 5.26 Å². The van der Waals surface area contributed by atoms with Gasteiger partial charge in [-0.3, -0.25) is 9.69 Å². The highest BCUT2D eigenvalue weighted by atomic mass is 19.1. The summed E-state index contributed by atoms with van der Waals surface area (Å²) in [6.45, 7) is 9.52. The van der Waals surface area contributed by atoms with Gasteiger partial charge in [0.05, 0.1) is 18.0 Å². The molecule has 1 aromatic carbocycles. The molecule has 0 radical (unpaired) electrons. The highest BCUT2D eigenvalue weighted by molar-refractivity contribution is 5.89. The lowest BCUT2D eigenvalue weighted by molar-refractivity contribution is -0.126. The number of rotatable bonds is 6. The summed E-state index contributed by atoms with van der Waals surface area (Å²) in [5.74, 6) is -0.980. The predicted molar refractivity (Wildman–Crippen MR) is 134 cm³/mol. The Bertz CT molecular complexity index is 1080. The number of benzene rings is 1. The molecule has 1 spiro atoms. The number of carbonyl (C=O) groups excluding carboxylic acids is 2. The summed E-state index contributed by atoms with van der Waals surface area (Å²) in [4.78, 5) is 32.4. The molecule has 1 saturated carbocycles. The molecule has 8 heteroatoms. The largest absolute Gasteiger partial charge is 0.444 e. The molecule has 36 heavy (non-hydrogen) atoms. The molecule has 1 amide bonds. The van der Waals surface area contributed by atoms with E-state index in [2.05, 4.69) is 22.9 Å². The van der Waals surface area contributed by atoms with Crippen LogP contribution in [0.1, 0.15) is 52.0 Å². The number of halogens is 1. The number of hydrogen-bond donors (Lipinski definition) is 0. The Morgan fingerprint density at radius 1 is 1.22 bits per heavy atom. The van der Waals surface area contributed by atoms with Gasteiger partial charge in [0, 0.05) is 49.7 Å². The number of piperidine rings is 1. The van der Waals surface area contributed by atoms with Crippen molar-refractivity contribution >= 4 is 17.6 Å². The normalized spacial score (nSPS) is 27.4. The first kappa shape index (κ1) is 25.0. The summed E-state index contributed by atoms with van der Waals surface area (Å²) in [7, 11) is 2.12. The van der Waals surface area contributed by atoms with Crippen molar-refractivity contribution in [3.63, 3.8) is 0 Å². The molecule has 1 aliphatic carbocycles. The Hall–Kier alpha value is -2.66. The van der Waals surface area contributed by atoms with Crippen molar-refractivity contribution in [1.82, 2.24) is 9.80 Å². The van der Waals surface area contributed by atoms with Crippen LogP contribution in [0.5, 0.6) is 0 Å². The minimum Gasteiger partial charge on any atom is -0.444 e. The Labute approximate surface area is 213 Å². The maximum absolute atomic E-state index is 15.0. The van der Waals surface area contributed by atoms with Crippen LogP contribution in [0.2, 0.25) is 0 Å². The Morgan fingerprint density at radius 3 is 2.56 bits per heavy atom. The summed E-state index contributed by atoms with van der Waals surface area (Å²) in [5.41, 5.74) is 1.05.